The summed E-state index contributed by atoms with van der Waals surface area (Å²) in [5.74, 6) is -2.16. The smallest absolute Gasteiger partial charge is 0.329 e. The van der Waals surface area contributed by atoms with Crippen LogP contribution < -0.4 is 10.6 Å². The highest BCUT2D eigenvalue weighted by atomic mass is 79.9. The van der Waals surface area contributed by atoms with E-state index in [0.29, 0.717) is 16.7 Å². The molecule has 0 aliphatic carbocycles. The number of halogens is 2. The monoisotopic (exact) mass is 528 g/mol. The van der Waals surface area contributed by atoms with Crippen LogP contribution in [0.15, 0.2) is 77.4 Å². The number of benzene rings is 3. The van der Waals surface area contributed by atoms with E-state index in [2.05, 4.69) is 26.6 Å². The molecule has 0 atom stereocenters. The third-order valence-electron chi connectivity index (χ3n) is 4.57. The van der Waals surface area contributed by atoms with Crippen LogP contribution in [0.25, 0.3) is 11.1 Å². The molecule has 0 aliphatic heterocycles. The van der Waals surface area contributed by atoms with Gasteiger partial charge in [-0.2, -0.15) is 0 Å². The van der Waals surface area contributed by atoms with E-state index >= 15 is 0 Å². The number of hydrogen-bond acceptors (Lipinski definition) is 4. The number of hydrogen-bond donors (Lipinski definition) is 4. The summed E-state index contributed by atoms with van der Waals surface area (Å²) in [6, 6.07) is 16.5. The number of phenolic OH excluding ortho intramolecular Hbond substituents is 1. The predicted molar refractivity (Wildman–Crippen MR) is 128 cm³/mol. The molecule has 3 aromatic rings. The highest BCUT2D eigenvalue weighted by molar-refractivity contribution is 9.10. The molecule has 9 heteroatoms. The SMILES string of the molecule is O=C(O)/C=C\NC(=O)c1ccc(C(=O)NCc2cccc(O)c2)c(-c2ccc(Br)cc2)c1Cl. The fourth-order valence-corrected chi connectivity index (χ4v) is 3.67. The number of rotatable bonds is 7. The van der Waals surface area contributed by atoms with Crippen LogP contribution in [-0.2, 0) is 11.3 Å². The Morgan fingerprint density at radius 3 is 2.33 bits per heavy atom. The molecule has 2 amide bonds. The van der Waals surface area contributed by atoms with Crippen LogP contribution >= 0.6 is 27.5 Å². The number of phenols is 1. The van der Waals surface area contributed by atoms with Crippen molar-refractivity contribution < 1.29 is 24.6 Å². The highest BCUT2D eigenvalue weighted by Gasteiger charge is 2.21. The first-order valence-corrected chi connectivity index (χ1v) is 10.8. The molecule has 0 aromatic heterocycles. The van der Waals surface area contributed by atoms with Gasteiger partial charge in [-0.15, -0.1) is 0 Å². The zero-order chi connectivity index (χ0) is 24.0. The normalized spacial score (nSPS) is 10.7. The van der Waals surface area contributed by atoms with Gasteiger partial charge < -0.3 is 20.8 Å². The van der Waals surface area contributed by atoms with E-state index in [-0.39, 0.29) is 28.4 Å². The fraction of sp³-hybridized carbons (Fsp3) is 0.0417. The van der Waals surface area contributed by atoms with Gasteiger partial charge >= 0.3 is 5.97 Å². The van der Waals surface area contributed by atoms with Crippen LogP contribution in [0.4, 0.5) is 0 Å². The lowest BCUT2D eigenvalue weighted by Gasteiger charge is -2.15. The minimum Gasteiger partial charge on any atom is -0.508 e. The summed E-state index contributed by atoms with van der Waals surface area (Å²) in [6.45, 7) is 0.173. The average Bonchev–Trinajstić information content (AvgIpc) is 2.77. The molecule has 7 nitrogen and oxygen atoms in total. The second-order valence-electron chi connectivity index (χ2n) is 6.85. The number of amides is 2. The quantitative estimate of drug-likeness (QED) is 0.330. The van der Waals surface area contributed by atoms with E-state index < -0.39 is 17.8 Å². The Kier molecular flexibility index (Phi) is 7.87. The van der Waals surface area contributed by atoms with Crippen LogP contribution in [0.3, 0.4) is 0 Å². The van der Waals surface area contributed by atoms with E-state index in [1.54, 1.807) is 42.5 Å². The van der Waals surface area contributed by atoms with E-state index in [4.69, 9.17) is 16.7 Å². The molecule has 3 aromatic carbocycles. The molecular formula is C24H18BrClN2O5. The Morgan fingerprint density at radius 2 is 1.67 bits per heavy atom. The van der Waals surface area contributed by atoms with Crippen LogP contribution in [0, 0.1) is 0 Å². The number of carboxylic acids is 1. The molecule has 0 fully saturated rings. The van der Waals surface area contributed by atoms with Crippen molar-refractivity contribution in [2.75, 3.05) is 0 Å². The fourth-order valence-electron chi connectivity index (χ4n) is 3.05. The van der Waals surface area contributed by atoms with Crippen molar-refractivity contribution in [2.24, 2.45) is 0 Å². The Morgan fingerprint density at radius 1 is 0.970 bits per heavy atom. The van der Waals surface area contributed by atoms with Gasteiger partial charge in [-0.25, -0.2) is 4.79 Å². The summed E-state index contributed by atoms with van der Waals surface area (Å²) in [5.41, 5.74) is 2.00. The summed E-state index contributed by atoms with van der Waals surface area (Å²) in [5, 5.41) is 23.5. The van der Waals surface area contributed by atoms with Gasteiger partial charge in [0.05, 0.1) is 10.6 Å². The molecular weight excluding hydrogens is 512 g/mol. The summed E-state index contributed by atoms with van der Waals surface area (Å²) in [6.07, 6.45) is 1.78. The molecule has 0 aliphatic rings. The zero-order valence-electron chi connectivity index (χ0n) is 17.0. The van der Waals surface area contributed by atoms with Gasteiger partial charge in [0, 0.05) is 34.4 Å². The Labute approximate surface area is 202 Å². The van der Waals surface area contributed by atoms with Crippen molar-refractivity contribution in [3.8, 4) is 16.9 Å². The Balaban J connectivity index is 1.97. The molecule has 33 heavy (non-hydrogen) atoms. The first kappa shape index (κ1) is 24.0. The van der Waals surface area contributed by atoms with Crippen molar-refractivity contribution in [1.82, 2.24) is 10.6 Å². The molecule has 168 valence electrons. The lowest BCUT2D eigenvalue weighted by Crippen LogP contribution is -2.24. The van der Waals surface area contributed by atoms with Crippen LogP contribution in [-0.4, -0.2) is 28.0 Å². The average molecular weight is 530 g/mol. The number of carboxylic acid groups (broad SMARTS) is 1. The van der Waals surface area contributed by atoms with Crippen LogP contribution in [0.5, 0.6) is 5.75 Å². The maximum Gasteiger partial charge on any atom is 0.329 e. The second-order valence-corrected chi connectivity index (χ2v) is 8.15. The molecule has 3 rings (SSSR count). The van der Waals surface area contributed by atoms with Gasteiger partial charge in [0.1, 0.15) is 5.75 Å². The van der Waals surface area contributed by atoms with Crippen molar-refractivity contribution in [1.29, 1.82) is 0 Å². The number of aromatic hydroxyl groups is 1. The number of carbonyl (C=O) groups is 3. The third-order valence-corrected chi connectivity index (χ3v) is 5.49. The van der Waals surface area contributed by atoms with Gasteiger partial charge in [-0.3, -0.25) is 9.59 Å². The van der Waals surface area contributed by atoms with Gasteiger partial charge in [-0.05, 0) is 47.5 Å². The second kappa shape index (κ2) is 10.8. The van der Waals surface area contributed by atoms with Gasteiger partial charge in [0.15, 0.2) is 0 Å². The molecule has 0 radical (unpaired) electrons. The van der Waals surface area contributed by atoms with Gasteiger partial charge in [0.2, 0.25) is 0 Å². The third kappa shape index (κ3) is 6.21. The maximum absolute atomic E-state index is 13.0. The lowest BCUT2D eigenvalue weighted by atomic mass is 9.96. The number of aliphatic carboxylic acids is 1. The van der Waals surface area contributed by atoms with Gasteiger partial charge in [-0.1, -0.05) is 51.8 Å². The summed E-state index contributed by atoms with van der Waals surface area (Å²) in [4.78, 5) is 36.2. The molecule has 0 saturated carbocycles. The summed E-state index contributed by atoms with van der Waals surface area (Å²) >= 11 is 9.95. The lowest BCUT2D eigenvalue weighted by molar-refractivity contribution is -0.131. The van der Waals surface area contributed by atoms with Gasteiger partial charge in [0.25, 0.3) is 11.8 Å². The number of carbonyl (C=O) groups excluding carboxylic acids is 2. The highest BCUT2D eigenvalue weighted by Crippen LogP contribution is 2.35. The maximum atomic E-state index is 13.0. The topological polar surface area (TPSA) is 116 Å². The molecule has 0 unspecified atom stereocenters. The zero-order valence-corrected chi connectivity index (χ0v) is 19.4. The summed E-state index contributed by atoms with van der Waals surface area (Å²) in [7, 11) is 0. The van der Waals surface area contributed by atoms with Crippen molar-refractivity contribution in [3.05, 3.63) is 99.1 Å². The molecule has 0 bridgehead atoms. The van der Waals surface area contributed by atoms with E-state index in [9.17, 15) is 19.5 Å². The van der Waals surface area contributed by atoms with E-state index in [0.717, 1.165) is 16.7 Å². The first-order chi connectivity index (χ1) is 15.8. The predicted octanol–water partition coefficient (Wildman–Crippen LogP) is 4.73. The molecule has 0 saturated heterocycles. The van der Waals surface area contributed by atoms with E-state index in [1.165, 1.54) is 18.2 Å². The van der Waals surface area contributed by atoms with Crippen molar-refractivity contribution >= 4 is 45.3 Å². The minimum atomic E-state index is -1.21. The largest absolute Gasteiger partial charge is 0.508 e. The van der Waals surface area contributed by atoms with Crippen LogP contribution in [0.2, 0.25) is 5.02 Å². The van der Waals surface area contributed by atoms with Crippen molar-refractivity contribution in [2.45, 2.75) is 6.54 Å². The first-order valence-electron chi connectivity index (χ1n) is 9.61. The minimum absolute atomic E-state index is 0.0450. The number of nitrogens with one attached hydrogen (secondary N) is 2. The van der Waals surface area contributed by atoms with E-state index in [1.807, 2.05) is 0 Å². The summed E-state index contributed by atoms with van der Waals surface area (Å²) < 4.78 is 0.824. The molecule has 0 spiro atoms. The van der Waals surface area contributed by atoms with Crippen molar-refractivity contribution in [3.63, 3.8) is 0 Å². The Hall–Kier alpha value is -3.62. The standard InChI is InChI=1S/C24H18BrClN2O5/c25-16-6-4-15(5-7-16)21-18(23(32)28-13-14-2-1-3-17(29)12-14)8-9-19(22(21)26)24(33)27-11-10-20(30)31/h1-12,29H,13H2,(H,27,33)(H,28,32)(H,30,31)/b11-10-. The Bertz CT molecular complexity index is 1240. The molecule has 0 heterocycles. The van der Waals surface area contributed by atoms with Crippen LogP contribution in [0.1, 0.15) is 26.3 Å². The molecule has 4 N–H and O–H groups in total.